The van der Waals surface area contributed by atoms with Crippen LogP contribution >= 0.6 is 0 Å². The van der Waals surface area contributed by atoms with E-state index < -0.39 is 0 Å². The lowest BCUT2D eigenvalue weighted by atomic mass is 9.77. The van der Waals surface area contributed by atoms with E-state index in [1.807, 2.05) is 54.6 Å². The number of benzene rings is 6. The van der Waals surface area contributed by atoms with Gasteiger partial charge in [0.15, 0.2) is 11.5 Å². The second-order valence-electron chi connectivity index (χ2n) is 9.54. The Labute approximate surface area is 214 Å². The zero-order chi connectivity index (χ0) is 24.9. The van der Waals surface area contributed by atoms with Crippen LogP contribution in [0.15, 0.2) is 115 Å². The van der Waals surface area contributed by atoms with Crippen molar-refractivity contribution >= 4 is 21.5 Å². The van der Waals surface area contributed by atoms with E-state index in [-0.39, 0.29) is 18.3 Å². The summed E-state index contributed by atoms with van der Waals surface area (Å²) in [6, 6.07) is 39.1. The third-order valence-corrected chi connectivity index (χ3v) is 7.44. The van der Waals surface area contributed by atoms with Crippen LogP contribution in [-0.4, -0.2) is 10.2 Å². The van der Waals surface area contributed by atoms with Crippen molar-refractivity contribution in [3.05, 3.63) is 138 Å². The molecule has 1 unspecified atom stereocenters. The van der Waals surface area contributed by atoms with Crippen LogP contribution in [0.5, 0.6) is 17.2 Å². The number of hydrogen-bond donors (Lipinski definition) is 2. The maximum Gasteiger partial charge on any atom is 0.173 e. The summed E-state index contributed by atoms with van der Waals surface area (Å²) in [4.78, 5) is 0. The minimum Gasteiger partial charge on any atom is -0.504 e. The topological polar surface area (TPSA) is 49.7 Å². The summed E-state index contributed by atoms with van der Waals surface area (Å²) in [6.07, 6.45) is 0. The van der Waals surface area contributed by atoms with Gasteiger partial charge >= 0.3 is 0 Å². The highest BCUT2D eigenvalue weighted by molar-refractivity contribution is 5.97. The van der Waals surface area contributed by atoms with Crippen molar-refractivity contribution in [2.24, 2.45) is 0 Å². The third kappa shape index (κ3) is 3.40. The summed E-state index contributed by atoms with van der Waals surface area (Å²) < 4.78 is 6.48. The Morgan fingerprint density at radius 1 is 0.595 bits per heavy atom. The van der Waals surface area contributed by atoms with E-state index in [4.69, 9.17) is 4.74 Å². The van der Waals surface area contributed by atoms with Gasteiger partial charge in [0.1, 0.15) is 5.75 Å². The Hall–Kier alpha value is -4.60. The molecular weight excluding hydrogens is 456 g/mol. The molecule has 6 aromatic carbocycles. The van der Waals surface area contributed by atoms with E-state index in [9.17, 15) is 10.2 Å². The molecule has 0 amide bonds. The summed E-state index contributed by atoms with van der Waals surface area (Å²) >= 11 is 0. The molecule has 3 heteroatoms. The van der Waals surface area contributed by atoms with Gasteiger partial charge in [-0.15, -0.1) is 0 Å². The molecule has 0 aromatic heterocycles. The number of phenols is 1. The Bertz CT molecular complexity index is 1790. The Morgan fingerprint density at radius 2 is 1.16 bits per heavy atom. The fourth-order valence-electron chi connectivity index (χ4n) is 5.75. The summed E-state index contributed by atoms with van der Waals surface area (Å²) in [7, 11) is 0. The number of fused-ring (bicyclic) bond motifs is 6. The number of phenolic OH excluding ortho intramolecular Hbond substituents is 1. The van der Waals surface area contributed by atoms with E-state index in [0.717, 1.165) is 49.4 Å². The van der Waals surface area contributed by atoms with Crippen LogP contribution in [0, 0.1) is 0 Å². The highest BCUT2D eigenvalue weighted by atomic mass is 16.5. The maximum atomic E-state index is 11.1. The maximum absolute atomic E-state index is 11.1. The van der Waals surface area contributed by atoms with Gasteiger partial charge in [0.2, 0.25) is 0 Å². The van der Waals surface area contributed by atoms with Gasteiger partial charge in [0.25, 0.3) is 0 Å². The van der Waals surface area contributed by atoms with Crippen molar-refractivity contribution in [1.82, 2.24) is 0 Å². The molecule has 0 radical (unpaired) electrons. The fraction of sp³-hybridized carbons (Fsp3) is 0.0588. The van der Waals surface area contributed by atoms with Crippen molar-refractivity contribution in [2.75, 3.05) is 0 Å². The van der Waals surface area contributed by atoms with Crippen molar-refractivity contribution in [2.45, 2.75) is 12.5 Å². The second-order valence-corrected chi connectivity index (χ2v) is 9.54. The largest absolute Gasteiger partial charge is 0.504 e. The summed E-state index contributed by atoms with van der Waals surface area (Å²) in [5.41, 5.74) is 6.07. The van der Waals surface area contributed by atoms with Crippen molar-refractivity contribution in [3.8, 4) is 28.4 Å². The molecule has 1 heterocycles. The molecule has 7 rings (SSSR count). The molecule has 0 saturated carbocycles. The predicted molar refractivity (Wildman–Crippen MR) is 148 cm³/mol. The number of aromatic hydroxyl groups is 1. The Morgan fingerprint density at radius 3 is 1.84 bits per heavy atom. The first kappa shape index (κ1) is 21.7. The lowest BCUT2D eigenvalue weighted by Crippen LogP contribution is -2.15. The summed E-state index contributed by atoms with van der Waals surface area (Å²) in [5, 5.41) is 25.6. The average molecular weight is 481 g/mol. The van der Waals surface area contributed by atoms with Gasteiger partial charge in [-0.25, -0.2) is 0 Å². The number of aliphatic hydroxyl groups excluding tert-OH is 1. The van der Waals surface area contributed by atoms with Crippen LogP contribution in [0.3, 0.4) is 0 Å². The molecule has 0 bridgehead atoms. The highest BCUT2D eigenvalue weighted by Gasteiger charge is 2.35. The van der Waals surface area contributed by atoms with E-state index in [1.165, 1.54) is 0 Å². The molecule has 0 fully saturated rings. The molecule has 1 aliphatic rings. The van der Waals surface area contributed by atoms with Crippen LogP contribution in [-0.2, 0) is 6.61 Å². The quantitative estimate of drug-likeness (QED) is 0.268. The summed E-state index contributed by atoms with van der Waals surface area (Å²) in [6.45, 7) is -0.156. The molecule has 1 aliphatic heterocycles. The van der Waals surface area contributed by atoms with E-state index in [2.05, 4.69) is 54.6 Å². The lowest BCUT2D eigenvalue weighted by Gasteiger charge is -2.33. The second kappa shape index (κ2) is 8.51. The molecule has 6 aromatic rings. The molecule has 0 aliphatic carbocycles. The summed E-state index contributed by atoms with van der Waals surface area (Å²) in [5.74, 6) is 0.976. The number of aliphatic hydroxyl groups is 1. The predicted octanol–water partition coefficient (Wildman–Crippen LogP) is 8.14. The van der Waals surface area contributed by atoms with Crippen LogP contribution < -0.4 is 4.74 Å². The minimum absolute atomic E-state index is 0.0994. The smallest absolute Gasteiger partial charge is 0.173 e. The molecule has 2 N–H and O–H groups in total. The SMILES string of the molecule is OCc1cc2ccccc2c2c1Oc1c(O)cc3ccccc3c1C2c1ccc(-c2ccccc2)cc1. The monoisotopic (exact) mass is 480 g/mol. The molecule has 37 heavy (non-hydrogen) atoms. The first-order chi connectivity index (χ1) is 18.2. The van der Waals surface area contributed by atoms with E-state index in [1.54, 1.807) is 6.07 Å². The van der Waals surface area contributed by atoms with Crippen LogP contribution in [0.4, 0.5) is 0 Å². The first-order valence-corrected chi connectivity index (χ1v) is 12.5. The van der Waals surface area contributed by atoms with Crippen molar-refractivity contribution in [1.29, 1.82) is 0 Å². The van der Waals surface area contributed by atoms with E-state index in [0.29, 0.717) is 17.1 Å². The first-order valence-electron chi connectivity index (χ1n) is 12.5. The number of hydrogen-bond acceptors (Lipinski definition) is 3. The Kier molecular flexibility index (Phi) is 4.98. The third-order valence-electron chi connectivity index (χ3n) is 7.44. The molecule has 178 valence electrons. The number of rotatable bonds is 3. The molecular formula is C34H24O3. The van der Waals surface area contributed by atoms with Crippen molar-refractivity contribution < 1.29 is 14.9 Å². The number of ether oxygens (including phenoxy) is 1. The van der Waals surface area contributed by atoms with Gasteiger partial charge in [0, 0.05) is 22.6 Å². The van der Waals surface area contributed by atoms with Crippen LogP contribution in [0.2, 0.25) is 0 Å². The standard InChI is InChI=1S/C34H24O3/c35-20-26-18-24-10-4-6-12-27(24)31-30(23-16-14-22(15-17-23)21-8-2-1-3-9-21)32-28-13-7-5-11-25(28)19-29(36)34(32)37-33(26)31/h1-19,30,35-36H,20H2. The minimum atomic E-state index is -0.197. The van der Waals surface area contributed by atoms with Gasteiger partial charge in [-0.2, -0.15) is 0 Å². The van der Waals surface area contributed by atoms with Crippen LogP contribution in [0.25, 0.3) is 32.7 Å². The molecule has 3 nitrogen and oxygen atoms in total. The van der Waals surface area contributed by atoms with Gasteiger partial charge in [-0.3, -0.25) is 0 Å². The van der Waals surface area contributed by atoms with Gasteiger partial charge < -0.3 is 14.9 Å². The zero-order valence-corrected chi connectivity index (χ0v) is 20.1. The van der Waals surface area contributed by atoms with Gasteiger partial charge in [-0.05, 0) is 50.4 Å². The van der Waals surface area contributed by atoms with Crippen molar-refractivity contribution in [3.63, 3.8) is 0 Å². The Balaban J connectivity index is 1.56. The molecule has 0 spiro atoms. The normalized spacial score (nSPS) is 14.2. The van der Waals surface area contributed by atoms with E-state index >= 15 is 0 Å². The highest BCUT2D eigenvalue weighted by Crippen LogP contribution is 2.56. The zero-order valence-electron chi connectivity index (χ0n) is 20.1. The lowest BCUT2D eigenvalue weighted by molar-refractivity contribution is 0.275. The molecule has 0 saturated heterocycles. The fourth-order valence-corrected chi connectivity index (χ4v) is 5.75. The van der Waals surface area contributed by atoms with Gasteiger partial charge in [-0.1, -0.05) is 103 Å². The molecule has 1 atom stereocenters. The van der Waals surface area contributed by atoms with Gasteiger partial charge in [0.05, 0.1) is 6.61 Å². The van der Waals surface area contributed by atoms with Crippen LogP contribution in [0.1, 0.15) is 28.2 Å². The average Bonchev–Trinajstić information content (AvgIpc) is 2.96.